The van der Waals surface area contributed by atoms with Crippen molar-refractivity contribution in [2.75, 3.05) is 5.73 Å². The fourth-order valence-electron chi connectivity index (χ4n) is 1.82. The molecule has 0 radical (unpaired) electrons. The zero-order valence-corrected chi connectivity index (χ0v) is 10.7. The highest BCUT2D eigenvalue weighted by atomic mass is 79.9. The van der Waals surface area contributed by atoms with E-state index in [1.807, 2.05) is 35.7 Å². The Labute approximate surface area is 106 Å². The second-order valence-corrected chi connectivity index (χ2v) is 4.77. The molecule has 0 aromatic carbocycles. The van der Waals surface area contributed by atoms with Crippen molar-refractivity contribution < 1.29 is 4.42 Å². The topological polar surface area (TPSA) is 56.5 Å². The molecule has 0 bridgehead atoms. The van der Waals surface area contributed by atoms with Gasteiger partial charge in [-0.3, -0.25) is 4.40 Å². The van der Waals surface area contributed by atoms with Gasteiger partial charge in [-0.2, -0.15) is 0 Å². The Balaban J connectivity index is 2.32. The third-order valence-corrected chi connectivity index (χ3v) is 3.17. The monoisotopic (exact) mass is 291 g/mol. The Morgan fingerprint density at radius 2 is 2.18 bits per heavy atom. The van der Waals surface area contributed by atoms with E-state index in [9.17, 15) is 0 Å². The molecule has 3 heterocycles. The summed E-state index contributed by atoms with van der Waals surface area (Å²) in [6.07, 6.45) is 3.53. The molecule has 0 spiro atoms. The molecule has 3 rings (SSSR count). The number of nitrogens with zero attached hydrogens (tertiary/aromatic N) is 2. The number of hydrogen-bond acceptors (Lipinski definition) is 3. The van der Waals surface area contributed by atoms with E-state index in [1.165, 1.54) is 0 Å². The Kier molecular flexibility index (Phi) is 2.22. The van der Waals surface area contributed by atoms with Crippen molar-refractivity contribution in [2.45, 2.75) is 6.92 Å². The number of rotatable bonds is 1. The van der Waals surface area contributed by atoms with Crippen LogP contribution in [-0.2, 0) is 0 Å². The van der Waals surface area contributed by atoms with Crippen molar-refractivity contribution in [1.82, 2.24) is 9.38 Å². The fourth-order valence-corrected chi connectivity index (χ4v) is 2.16. The lowest BCUT2D eigenvalue weighted by molar-refractivity contribution is 0.579. The third-order valence-electron chi connectivity index (χ3n) is 2.70. The lowest BCUT2D eigenvalue weighted by Crippen LogP contribution is -1.93. The molecule has 0 aliphatic heterocycles. The molecule has 0 aliphatic rings. The Bertz CT molecular complexity index is 699. The zero-order chi connectivity index (χ0) is 12.0. The predicted molar refractivity (Wildman–Crippen MR) is 69.7 cm³/mol. The second-order valence-electron chi connectivity index (χ2n) is 3.85. The summed E-state index contributed by atoms with van der Waals surface area (Å²) in [7, 11) is 0. The Morgan fingerprint density at radius 1 is 1.35 bits per heavy atom. The minimum absolute atomic E-state index is 0.583. The van der Waals surface area contributed by atoms with Crippen molar-refractivity contribution >= 4 is 27.4 Å². The zero-order valence-electron chi connectivity index (χ0n) is 9.14. The van der Waals surface area contributed by atoms with Crippen LogP contribution in [0.25, 0.3) is 17.1 Å². The summed E-state index contributed by atoms with van der Waals surface area (Å²) in [5.74, 6) is 1.31. The van der Waals surface area contributed by atoms with Gasteiger partial charge in [0.05, 0.1) is 6.26 Å². The molecule has 0 aliphatic carbocycles. The van der Waals surface area contributed by atoms with E-state index in [0.29, 0.717) is 11.5 Å². The molecule has 2 N–H and O–H groups in total. The van der Waals surface area contributed by atoms with Gasteiger partial charge in [0.1, 0.15) is 17.2 Å². The van der Waals surface area contributed by atoms with Gasteiger partial charge < -0.3 is 10.2 Å². The maximum Gasteiger partial charge on any atom is 0.158 e. The van der Waals surface area contributed by atoms with Gasteiger partial charge in [-0.15, -0.1) is 0 Å². The van der Waals surface area contributed by atoms with Gasteiger partial charge in [-0.05, 0) is 46.6 Å². The third kappa shape index (κ3) is 1.54. The molecule has 5 heteroatoms. The van der Waals surface area contributed by atoms with Crippen molar-refractivity contribution in [3.05, 3.63) is 40.7 Å². The van der Waals surface area contributed by atoms with Crippen LogP contribution in [0.4, 0.5) is 5.82 Å². The number of nitrogen functional groups attached to an aromatic ring is 1. The van der Waals surface area contributed by atoms with Crippen molar-refractivity contribution in [1.29, 1.82) is 0 Å². The van der Waals surface area contributed by atoms with Crippen LogP contribution in [-0.4, -0.2) is 9.38 Å². The maximum absolute atomic E-state index is 6.09. The number of hydrogen-bond donors (Lipinski definition) is 1. The predicted octanol–water partition coefficient (Wildman–Crippen LogP) is 3.25. The van der Waals surface area contributed by atoms with Crippen LogP contribution in [0.1, 0.15) is 5.56 Å². The minimum atomic E-state index is 0.583. The highest BCUT2D eigenvalue weighted by Crippen LogP contribution is 2.30. The van der Waals surface area contributed by atoms with E-state index in [4.69, 9.17) is 10.2 Å². The SMILES string of the molecule is Cc1ccoc1-c1nc2ccc(Br)cn2c1N. The molecule has 0 amide bonds. The van der Waals surface area contributed by atoms with E-state index in [-0.39, 0.29) is 0 Å². The number of fused-ring (bicyclic) bond motifs is 1. The number of anilines is 1. The molecule has 4 nitrogen and oxygen atoms in total. The van der Waals surface area contributed by atoms with Gasteiger partial charge in [0.25, 0.3) is 0 Å². The largest absolute Gasteiger partial charge is 0.462 e. The normalized spacial score (nSPS) is 11.2. The quantitative estimate of drug-likeness (QED) is 0.749. The first-order valence-electron chi connectivity index (χ1n) is 5.14. The van der Waals surface area contributed by atoms with Crippen molar-refractivity contribution in [3.63, 3.8) is 0 Å². The summed E-state index contributed by atoms with van der Waals surface area (Å²) in [5, 5.41) is 0. The average Bonchev–Trinajstić information content (AvgIpc) is 2.84. The minimum Gasteiger partial charge on any atom is -0.462 e. The first-order valence-corrected chi connectivity index (χ1v) is 5.93. The summed E-state index contributed by atoms with van der Waals surface area (Å²) in [4.78, 5) is 4.48. The van der Waals surface area contributed by atoms with Crippen LogP contribution in [0.3, 0.4) is 0 Å². The molecular weight excluding hydrogens is 282 g/mol. The standard InChI is InChI=1S/C12H10BrN3O/c1-7-4-5-17-11(7)10-12(14)16-6-8(13)2-3-9(16)15-10/h2-6H,14H2,1H3. The van der Waals surface area contributed by atoms with E-state index in [0.717, 1.165) is 21.4 Å². The molecule has 0 saturated carbocycles. The lowest BCUT2D eigenvalue weighted by atomic mass is 10.2. The second kappa shape index (κ2) is 3.63. The molecule has 0 atom stereocenters. The van der Waals surface area contributed by atoms with Crippen molar-refractivity contribution in [3.8, 4) is 11.5 Å². The number of pyridine rings is 1. The lowest BCUT2D eigenvalue weighted by Gasteiger charge is -1.97. The van der Waals surface area contributed by atoms with Crippen LogP contribution >= 0.6 is 15.9 Å². The smallest absolute Gasteiger partial charge is 0.158 e. The number of halogens is 1. The summed E-state index contributed by atoms with van der Waals surface area (Å²) >= 11 is 3.41. The first-order chi connectivity index (χ1) is 8.16. The van der Waals surface area contributed by atoms with Gasteiger partial charge in [0, 0.05) is 10.7 Å². The maximum atomic E-state index is 6.09. The number of imidazole rings is 1. The van der Waals surface area contributed by atoms with Crippen LogP contribution in [0.2, 0.25) is 0 Å². The van der Waals surface area contributed by atoms with Gasteiger partial charge in [-0.1, -0.05) is 0 Å². The van der Waals surface area contributed by atoms with Gasteiger partial charge >= 0.3 is 0 Å². The van der Waals surface area contributed by atoms with E-state index < -0.39 is 0 Å². The average molecular weight is 292 g/mol. The van der Waals surface area contributed by atoms with E-state index in [2.05, 4.69) is 20.9 Å². The van der Waals surface area contributed by atoms with E-state index >= 15 is 0 Å². The molecular formula is C12H10BrN3O. The highest BCUT2D eigenvalue weighted by Gasteiger charge is 2.15. The van der Waals surface area contributed by atoms with Crippen LogP contribution in [0.15, 0.2) is 39.5 Å². The molecule has 3 aromatic rings. The summed E-state index contributed by atoms with van der Waals surface area (Å²) in [6, 6.07) is 5.73. The molecule has 0 unspecified atom stereocenters. The molecule has 86 valence electrons. The number of aryl methyl sites for hydroxylation is 1. The summed E-state index contributed by atoms with van der Waals surface area (Å²) in [5.41, 5.74) is 8.60. The Hall–Kier alpha value is -1.75. The van der Waals surface area contributed by atoms with Crippen LogP contribution in [0, 0.1) is 6.92 Å². The number of furan rings is 1. The van der Waals surface area contributed by atoms with E-state index in [1.54, 1.807) is 6.26 Å². The van der Waals surface area contributed by atoms with Gasteiger partial charge in [0.15, 0.2) is 5.76 Å². The van der Waals surface area contributed by atoms with Gasteiger partial charge in [-0.25, -0.2) is 4.98 Å². The summed E-state index contributed by atoms with van der Waals surface area (Å²) < 4.78 is 8.21. The molecule has 17 heavy (non-hydrogen) atoms. The molecule has 3 aromatic heterocycles. The molecule has 0 fully saturated rings. The fraction of sp³-hybridized carbons (Fsp3) is 0.0833. The summed E-state index contributed by atoms with van der Waals surface area (Å²) in [6.45, 7) is 1.97. The van der Waals surface area contributed by atoms with Crippen molar-refractivity contribution in [2.24, 2.45) is 0 Å². The van der Waals surface area contributed by atoms with Crippen LogP contribution < -0.4 is 5.73 Å². The Morgan fingerprint density at radius 3 is 2.88 bits per heavy atom. The van der Waals surface area contributed by atoms with Gasteiger partial charge in [0.2, 0.25) is 0 Å². The highest BCUT2D eigenvalue weighted by molar-refractivity contribution is 9.10. The molecule has 0 saturated heterocycles. The first kappa shape index (κ1) is 10.4. The number of nitrogens with two attached hydrogens (primary N) is 1. The van der Waals surface area contributed by atoms with Crippen LogP contribution in [0.5, 0.6) is 0 Å². The number of aromatic nitrogens is 2.